The van der Waals surface area contributed by atoms with Gasteiger partial charge in [0.15, 0.2) is 0 Å². The molecule has 0 atom stereocenters. The lowest BCUT2D eigenvalue weighted by molar-refractivity contribution is -0.274. The van der Waals surface area contributed by atoms with E-state index in [1.165, 1.54) is 0 Å². The van der Waals surface area contributed by atoms with E-state index >= 15 is 0 Å². The van der Waals surface area contributed by atoms with Crippen molar-refractivity contribution in [3.05, 3.63) is 23.8 Å². The Labute approximate surface area is 84.3 Å². The first-order valence-corrected chi connectivity index (χ1v) is 4.20. The maximum atomic E-state index is 11.9. The molecule has 0 radical (unpaired) electrons. The van der Waals surface area contributed by atoms with Crippen molar-refractivity contribution in [3.63, 3.8) is 0 Å². The first kappa shape index (κ1) is 11.6. The fraction of sp³-hybridized carbons (Fsp3) is 0.333. The van der Waals surface area contributed by atoms with E-state index < -0.39 is 6.36 Å². The topological polar surface area (TPSA) is 55.5 Å². The van der Waals surface area contributed by atoms with Gasteiger partial charge < -0.3 is 15.6 Å². The van der Waals surface area contributed by atoms with Crippen LogP contribution < -0.4 is 10.5 Å². The first-order chi connectivity index (χ1) is 6.92. The van der Waals surface area contributed by atoms with Crippen molar-refractivity contribution in [3.8, 4) is 11.5 Å². The average Bonchev–Trinajstić information content (AvgIpc) is 2.09. The standard InChI is InChI=1S/C9H10F3NO2/c10-9(11,12)15-7-1-2-8(14)6(5-7)3-4-13/h1-2,5,14H,3-4,13H2. The van der Waals surface area contributed by atoms with Crippen molar-refractivity contribution in [2.45, 2.75) is 12.8 Å². The van der Waals surface area contributed by atoms with Gasteiger partial charge in [-0.1, -0.05) is 0 Å². The molecule has 0 aliphatic carbocycles. The summed E-state index contributed by atoms with van der Waals surface area (Å²) in [6, 6.07) is 3.31. The molecule has 0 spiro atoms. The maximum Gasteiger partial charge on any atom is 0.573 e. The minimum Gasteiger partial charge on any atom is -0.508 e. The molecular weight excluding hydrogens is 211 g/mol. The largest absolute Gasteiger partial charge is 0.573 e. The Morgan fingerprint density at radius 1 is 1.33 bits per heavy atom. The zero-order valence-electron chi connectivity index (χ0n) is 7.71. The molecule has 0 bridgehead atoms. The Kier molecular flexibility index (Phi) is 3.41. The van der Waals surface area contributed by atoms with Crippen LogP contribution >= 0.6 is 0 Å². The van der Waals surface area contributed by atoms with Gasteiger partial charge in [-0.3, -0.25) is 0 Å². The summed E-state index contributed by atoms with van der Waals surface area (Å²) in [6.07, 6.45) is -4.43. The molecule has 1 rings (SSSR count). The lowest BCUT2D eigenvalue weighted by Gasteiger charge is -2.10. The lowest BCUT2D eigenvalue weighted by Crippen LogP contribution is -2.17. The number of phenolic OH excluding ortho intramolecular Hbond substituents is 1. The summed E-state index contributed by atoms with van der Waals surface area (Å²) >= 11 is 0. The Hall–Kier alpha value is -1.43. The van der Waals surface area contributed by atoms with Crippen LogP contribution in [0.15, 0.2) is 18.2 Å². The third kappa shape index (κ3) is 3.67. The molecule has 6 heteroatoms. The smallest absolute Gasteiger partial charge is 0.508 e. The summed E-state index contributed by atoms with van der Waals surface area (Å²) in [4.78, 5) is 0. The van der Waals surface area contributed by atoms with E-state index in [0.717, 1.165) is 18.2 Å². The summed E-state index contributed by atoms with van der Waals surface area (Å²) in [6.45, 7) is 0.239. The average molecular weight is 221 g/mol. The van der Waals surface area contributed by atoms with Gasteiger partial charge in [0.1, 0.15) is 11.5 Å². The van der Waals surface area contributed by atoms with Crippen molar-refractivity contribution >= 4 is 0 Å². The maximum absolute atomic E-state index is 11.9. The summed E-state index contributed by atoms with van der Waals surface area (Å²) in [5, 5.41) is 9.27. The predicted molar refractivity (Wildman–Crippen MR) is 47.5 cm³/mol. The SMILES string of the molecule is NCCc1cc(OC(F)(F)F)ccc1O. The van der Waals surface area contributed by atoms with Gasteiger partial charge in [-0.25, -0.2) is 0 Å². The molecule has 0 saturated heterocycles. The molecule has 0 aliphatic heterocycles. The minimum atomic E-state index is -4.73. The molecule has 0 heterocycles. The number of nitrogens with two attached hydrogens (primary N) is 1. The van der Waals surface area contributed by atoms with Crippen molar-refractivity contribution < 1.29 is 23.0 Å². The number of hydrogen-bond donors (Lipinski definition) is 2. The van der Waals surface area contributed by atoms with Crippen LogP contribution in [0.3, 0.4) is 0 Å². The number of benzene rings is 1. The number of halogens is 3. The lowest BCUT2D eigenvalue weighted by atomic mass is 10.1. The summed E-state index contributed by atoms with van der Waals surface area (Å²) < 4.78 is 39.2. The molecular formula is C9H10F3NO2. The van der Waals surface area contributed by atoms with Crippen LogP contribution in [-0.2, 0) is 6.42 Å². The van der Waals surface area contributed by atoms with Gasteiger partial charge >= 0.3 is 6.36 Å². The van der Waals surface area contributed by atoms with Gasteiger partial charge in [-0.05, 0) is 36.7 Å². The second kappa shape index (κ2) is 4.39. The number of aromatic hydroxyl groups is 1. The Morgan fingerprint density at radius 3 is 2.53 bits per heavy atom. The van der Waals surface area contributed by atoms with Crippen molar-refractivity contribution in [2.75, 3.05) is 6.54 Å². The molecule has 1 aromatic rings. The van der Waals surface area contributed by atoms with E-state index in [2.05, 4.69) is 4.74 Å². The summed E-state index contributed by atoms with van der Waals surface area (Å²) in [7, 11) is 0. The van der Waals surface area contributed by atoms with Gasteiger partial charge in [0, 0.05) is 0 Å². The zero-order chi connectivity index (χ0) is 11.5. The monoisotopic (exact) mass is 221 g/mol. The second-order valence-electron chi connectivity index (χ2n) is 2.88. The third-order valence-corrected chi connectivity index (χ3v) is 1.70. The number of ether oxygens (including phenoxy) is 1. The van der Waals surface area contributed by atoms with E-state index in [9.17, 15) is 18.3 Å². The van der Waals surface area contributed by atoms with Gasteiger partial charge in [0.05, 0.1) is 0 Å². The van der Waals surface area contributed by atoms with Crippen LogP contribution in [0.5, 0.6) is 11.5 Å². The van der Waals surface area contributed by atoms with Crippen LogP contribution in [-0.4, -0.2) is 18.0 Å². The number of rotatable bonds is 3. The molecule has 1 aromatic carbocycles. The quantitative estimate of drug-likeness (QED) is 0.818. The van der Waals surface area contributed by atoms with Crippen LogP contribution in [0.1, 0.15) is 5.56 Å². The first-order valence-electron chi connectivity index (χ1n) is 4.20. The van der Waals surface area contributed by atoms with Crippen molar-refractivity contribution in [1.82, 2.24) is 0 Å². The van der Waals surface area contributed by atoms with Crippen molar-refractivity contribution in [1.29, 1.82) is 0 Å². The van der Waals surface area contributed by atoms with E-state index in [0.29, 0.717) is 12.0 Å². The predicted octanol–water partition coefficient (Wildman–Crippen LogP) is 1.79. The van der Waals surface area contributed by atoms with Gasteiger partial charge in [-0.15, -0.1) is 13.2 Å². The molecule has 0 fully saturated rings. The zero-order valence-corrected chi connectivity index (χ0v) is 7.71. The highest BCUT2D eigenvalue weighted by atomic mass is 19.4. The Bertz CT molecular complexity index is 339. The third-order valence-electron chi connectivity index (χ3n) is 1.70. The Morgan fingerprint density at radius 2 is 2.00 bits per heavy atom. The fourth-order valence-electron chi connectivity index (χ4n) is 1.11. The molecule has 0 amide bonds. The number of hydrogen-bond acceptors (Lipinski definition) is 3. The second-order valence-corrected chi connectivity index (χ2v) is 2.88. The highest BCUT2D eigenvalue weighted by Crippen LogP contribution is 2.27. The minimum absolute atomic E-state index is 0.0880. The summed E-state index contributed by atoms with van der Waals surface area (Å²) in [5.41, 5.74) is 5.57. The molecule has 0 aromatic heterocycles. The molecule has 3 nitrogen and oxygen atoms in total. The van der Waals surface area contributed by atoms with Gasteiger partial charge in [0.2, 0.25) is 0 Å². The highest BCUT2D eigenvalue weighted by molar-refractivity contribution is 5.39. The van der Waals surface area contributed by atoms with Crippen LogP contribution in [0.2, 0.25) is 0 Å². The Balaban J connectivity index is 2.87. The van der Waals surface area contributed by atoms with E-state index in [1.807, 2.05) is 0 Å². The molecule has 0 saturated carbocycles. The van der Waals surface area contributed by atoms with Crippen molar-refractivity contribution in [2.24, 2.45) is 5.73 Å². The van der Waals surface area contributed by atoms with Crippen LogP contribution in [0.4, 0.5) is 13.2 Å². The van der Waals surface area contributed by atoms with E-state index in [1.54, 1.807) is 0 Å². The normalized spacial score (nSPS) is 11.5. The number of phenols is 1. The van der Waals surface area contributed by atoms with Gasteiger partial charge in [0.25, 0.3) is 0 Å². The molecule has 84 valence electrons. The molecule has 15 heavy (non-hydrogen) atoms. The fourth-order valence-corrected chi connectivity index (χ4v) is 1.11. The number of alkyl halides is 3. The summed E-state index contributed by atoms with van der Waals surface area (Å²) in [5.74, 6) is -0.446. The van der Waals surface area contributed by atoms with Gasteiger partial charge in [-0.2, -0.15) is 0 Å². The molecule has 3 N–H and O–H groups in total. The van der Waals surface area contributed by atoms with E-state index in [4.69, 9.17) is 5.73 Å². The highest BCUT2D eigenvalue weighted by Gasteiger charge is 2.31. The molecule has 0 aliphatic rings. The van der Waals surface area contributed by atoms with Crippen LogP contribution in [0.25, 0.3) is 0 Å². The van der Waals surface area contributed by atoms with E-state index in [-0.39, 0.29) is 18.0 Å². The van der Waals surface area contributed by atoms with Crippen LogP contribution in [0, 0.1) is 0 Å². The molecule has 0 unspecified atom stereocenters.